The Morgan fingerprint density at radius 1 is 0.824 bits per heavy atom. The number of hydrogen-bond donors (Lipinski definition) is 3. The van der Waals surface area contributed by atoms with E-state index in [-0.39, 0.29) is 16.9 Å². The molecule has 0 unspecified atom stereocenters. The van der Waals surface area contributed by atoms with Crippen molar-refractivity contribution in [1.29, 1.82) is 0 Å². The Morgan fingerprint density at radius 2 is 1.53 bits per heavy atom. The highest BCUT2D eigenvalue weighted by Crippen LogP contribution is 2.15. The van der Waals surface area contributed by atoms with Gasteiger partial charge in [0, 0.05) is 29.1 Å². The normalized spacial score (nSPS) is 10.3. The van der Waals surface area contributed by atoms with Gasteiger partial charge < -0.3 is 20.1 Å². The molecule has 3 aromatic rings. The van der Waals surface area contributed by atoms with Crippen molar-refractivity contribution in [3.63, 3.8) is 0 Å². The van der Waals surface area contributed by atoms with Gasteiger partial charge >= 0.3 is 0 Å². The summed E-state index contributed by atoms with van der Waals surface area (Å²) in [7, 11) is 0. The summed E-state index contributed by atoms with van der Waals surface area (Å²) in [5.41, 5.74) is 3.25. The van der Waals surface area contributed by atoms with Gasteiger partial charge in [-0.05, 0) is 86.2 Å². The second kappa shape index (κ2) is 12.5. The number of carbonyl (C=O) groups is 2. The van der Waals surface area contributed by atoms with Gasteiger partial charge in [0.15, 0.2) is 5.11 Å². The average Bonchev–Trinajstić information content (AvgIpc) is 2.82. The average molecular weight is 478 g/mol. The summed E-state index contributed by atoms with van der Waals surface area (Å²) in [6.07, 6.45) is 0. The van der Waals surface area contributed by atoms with Crippen molar-refractivity contribution in [3.05, 3.63) is 89.5 Å². The monoisotopic (exact) mass is 477 g/mol. The zero-order chi connectivity index (χ0) is 24.3. The van der Waals surface area contributed by atoms with Gasteiger partial charge in [-0.25, -0.2) is 0 Å². The molecule has 3 aromatic carbocycles. The first-order chi connectivity index (χ1) is 16.4. The molecule has 7 nitrogen and oxygen atoms in total. The Bertz CT molecular complexity index is 1150. The number of nitrogens with one attached hydrogen (secondary N) is 3. The molecule has 0 radical (unpaired) electrons. The van der Waals surface area contributed by atoms with Gasteiger partial charge in [0.05, 0.1) is 6.61 Å². The molecule has 0 aliphatic rings. The van der Waals surface area contributed by atoms with E-state index in [9.17, 15) is 9.59 Å². The summed E-state index contributed by atoms with van der Waals surface area (Å²) in [4.78, 5) is 25.1. The number of benzene rings is 3. The molecule has 0 fully saturated rings. The molecule has 34 heavy (non-hydrogen) atoms. The molecule has 0 atom stereocenters. The minimum absolute atomic E-state index is 0.123. The minimum Gasteiger partial charge on any atom is -0.491 e. The van der Waals surface area contributed by atoms with E-state index in [1.807, 2.05) is 38.1 Å². The SMILES string of the molecule is CCOCCOc1ccc(C(=O)NC(=S)Nc2cccc(C(=O)Nc3cccc(C)c3)c2)cc1. The quantitative estimate of drug-likeness (QED) is 0.303. The third-order valence-electron chi connectivity index (χ3n) is 4.70. The maximum atomic E-state index is 12.6. The van der Waals surface area contributed by atoms with Crippen molar-refractivity contribution >= 4 is 40.5 Å². The number of thiocarbonyl (C=S) groups is 1. The second-order valence-corrected chi connectivity index (χ2v) is 7.79. The van der Waals surface area contributed by atoms with Crippen molar-refractivity contribution in [2.75, 3.05) is 30.5 Å². The van der Waals surface area contributed by atoms with Crippen LogP contribution in [0, 0.1) is 6.92 Å². The summed E-state index contributed by atoms with van der Waals surface area (Å²) < 4.78 is 10.8. The van der Waals surface area contributed by atoms with Crippen LogP contribution in [0.2, 0.25) is 0 Å². The highest BCUT2D eigenvalue weighted by atomic mass is 32.1. The first-order valence-electron chi connectivity index (χ1n) is 10.9. The van der Waals surface area contributed by atoms with E-state index in [2.05, 4.69) is 16.0 Å². The Morgan fingerprint density at radius 3 is 2.24 bits per heavy atom. The number of rotatable bonds is 9. The lowest BCUT2D eigenvalue weighted by Gasteiger charge is -2.12. The highest BCUT2D eigenvalue weighted by molar-refractivity contribution is 7.80. The van der Waals surface area contributed by atoms with Gasteiger partial charge in [-0.3, -0.25) is 14.9 Å². The molecule has 3 rings (SSSR count). The van der Waals surface area contributed by atoms with Gasteiger partial charge in [0.1, 0.15) is 12.4 Å². The molecule has 0 spiro atoms. The van der Waals surface area contributed by atoms with Crippen LogP contribution in [0.5, 0.6) is 5.75 Å². The molecule has 8 heteroatoms. The van der Waals surface area contributed by atoms with Crippen LogP contribution >= 0.6 is 12.2 Å². The predicted molar refractivity (Wildman–Crippen MR) is 138 cm³/mol. The van der Waals surface area contributed by atoms with Crippen molar-refractivity contribution in [1.82, 2.24) is 5.32 Å². The molecule has 0 aliphatic carbocycles. The third-order valence-corrected chi connectivity index (χ3v) is 4.91. The Balaban J connectivity index is 1.53. The fourth-order valence-electron chi connectivity index (χ4n) is 3.07. The maximum absolute atomic E-state index is 12.6. The van der Waals surface area contributed by atoms with Crippen LogP contribution in [-0.2, 0) is 4.74 Å². The molecule has 0 saturated heterocycles. The van der Waals surface area contributed by atoms with Crippen LogP contribution in [0.3, 0.4) is 0 Å². The highest BCUT2D eigenvalue weighted by Gasteiger charge is 2.11. The van der Waals surface area contributed by atoms with Crippen LogP contribution < -0.4 is 20.7 Å². The zero-order valence-electron chi connectivity index (χ0n) is 19.1. The van der Waals surface area contributed by atoms with Gasteiger partial charge in [-0.1, -0.05) is 18.2 Å². The van der Waals surface area contributed by atoms with Gasteiger partial charge in [0.2, 0.25) is 0 Å². The number of amides is 2. The van der Waals surface area contributed by atoms with Gasteiger partial charge in [-0.2, -0.15) is 0 Å². The van der Waals surface area contributed by atoms with E-state index in [1.54, 1.807) is 48.5 Å². The third kappa shape index (κ3) is 7.68. The Hall–Kier alpha value is -3.75. The minimum atomic E-state index is -0.355. The number of carbonyl (C=O) groups excluding carboxylic acids is 2. The topological polar surface area (TPSA) is 88.7 Å². The van der Waals surface area contributed by atoms with Crippen molar-refractivity contribution in [2.45, 2.75) is 13.8 Å². The van der Waals surface area contributed by atoms with E-state index in [0.717, 1.165) is 11.3 Å². The van der Waals surface area contributed by atoms with Gasteiger partial charge in [-0.15, -0.1) is 0 Å². The molecule has 3 N–H and O–H groups in total. The summed E-state index contributed by atoms with van der Waals surface area (Å²) in [5, 5.41) is 8.58. The lowest BCUT2D eigenvalue weighted by molar-refractivity contribution is 0.0975. The van der Waals surface area contributed by atoms with Crippen molar-refractivity contribution < 1.29 is 19.1 Å². The summed E-state index contributed by atoms with van der Waals surface area (Å²) in [5.74, 6) is 0.0530. The molecule has 0 aliphatic heterocycles. The van der Waals surface area contributed by atoms with E-state index < -0.39 is 0 Å². The fourth-order valence-corrected chi connectivity index (χ4v) is 3.28. The number of anilines is 2. The number of ether oxygens (including phenoxy) is 2. The lowest BCUT2D eigenvalue weighted by Crippen LogP contribution is -2.34. The molecule has 176 valence electrons. The van der Waals surface area contributed by atoms with Crippen molar-refractivity contribution in [2.24, 2.45) is 0 Å². The summed E-state index contributed by atoms with van der Waals surface area (Å²) >= 11 is 5.27. The zero-order valence-corrected chi connectivity index (χ0v) is 19.9. The van der Waals surface area contributed by atoms with E-state index in [1.165, 1.54) is 0 Å². The molecule has 0 bridgehead atoms. The summed E-state index contributed by atoms with van der Waals surface area (Å²) in [6, 6.07) is 21.2. The van der Waals surface area contributed by atoms with Crippen LogP contribution in [-0.4, -0.2) is 36.7 Å². The fraction of sp³-hybridized carbons (Fsp3) is 0.192. The summed E-state index contributed by atoms with van der Waals surface area (Å²) in [6.45, 7) is 5.47. The van der Waals surface area contributed by atoms with Crippen LogP contribution in [0.15, 0.2) is 72.8 Å². The van der Waals surface area contributed by atoms with Crippen LogP contribution in [0.25, 0.3) is 0 Å². The van der Waals surface area contributed by atoms with E-state index in [0.29, 0.717) is 42.4 Å². The Kier molecular flexibility index (Phi) is 9.13. The van der Waals surface area contributed by atoms with Gasteiger partial charge in [0.25, 0.3) is 11.8 Å². The first kappa shape index (κ1) is 24.9. The van der Waals surface area contributed by atoms with Crippen LogP contribution in [0.1, 0.15) is 33.2 Å². The smallest absolute Gasteiger partial charge is 0.257 e. The molecule has 0 heterocycles. The number of hydrogen-bond acceptors (Lipinski definition) is 5. The molecule has 0 aromatic heterocycles. The largest absolute Gasteiger partial charge is 0.491 e. The lowest BCUT2D eigenvalue weighted by atomic mass is 10.1. The molecule has 0 saturated carbocycles. The first-order valence-corrected chi connectivity index (χ1v) is 11.3. The van der Waals surface area contributed by atoms with E-state index >= 15 is 0 Å². The predicted octanol–water partition coefficient (Wildman–Crippen LogP) is 4.79. The standard InChI is InChI=1S/C26H27N3O4S/c1-3-32-14-15-33-23-12-10-19(11-13-23)24(30)29-26(34)28-22-9-5-7-20(17-22)25(31)27-21-8-4-6-18(2)16-21/h4-13,16-17H,3,14-15H2,1-2H3,(H,27,31)(H2,28,29,30,34). The number of aryl methyl sites for hydroxylation is 1. The molecule has 2 amide bonds. The van der Waals surface area contributed by atoms with E-state index in [4.69, 9.17) is 21.7 Å². The molecular formula is C26H27N3O4S. The Labute approximate surface area is 204 Å². The molecular weight excluding hydrogens is 450 g/mol. The van der Waals surface area contributed by atoms with Crippen LogP contribution in [0.4, 0.5) is 11.4 Å². The second-order valence-electron chi connectivity index (χ2n) is 7.38. The maximum Gasteiger partial charge on any atom is 0.257 e. The van der Waals surface area contributed by atoms with Crippen molar-refractivity contribution in [3.8, 4) is 5.75 Å².